The maximum Gasteiger partial charge on any atom is 0.139 e. The Bertz CT molecular complexity index is 752. The number of nitrogens with zero attached hydrogens (tertiary/aromatic N) is 1. The molecule has 0 aliphatic carbocycles. The van der Waals surface area contributed by atoms with Crippen molar-refractivity contribution in [2.24, 2.45) is 0 Å². The second-order valence-electron chi connectivity index (χ2n) is 4.49. The molecule has 0 N–H and O–H groups in total. The Kier molecular flexibility index (Phi) is 3.72. The molecular weight excluding hydrogens is 338 g/mol. The molecule has 1 heterocycles. The van der Waals surface area contributed by atoms with Gasteiger partial charge in [0, 0.05) is 28.2 Å². The fourth-order valence-corrected chi connectivity index (χ4v) is 3.06. The number of hydrogen-bond donors (Lipinski definition) is 0. The van der Waals surface area contributed by atoms with Gasteiger partial charge in [-0.15, -0.1) is 0 Å². The third-order valence-corrected chi connectivity index (χ3v) is 4.17. The molecule has 0 aliphatic rings. The third kappa shape index (κ3) is 2.21. The molecule has 20 heavy (non-hydrogen) atoms. The quantitative estimate of drug-likeness (QED) is 0.593. The van der Waals surface area contributed by atoms with Gasteiger partial charge in [-0.3, -0.25) is 0 Å². The molecule has 0 saturated carbocycles. The summed E-state index contributed by atoms with van der Waals surface area (Å²) in [6.45, 7) is 0. The number of hydrogen-bond acceptors (Lipinski definition) is 1. The zero-order valence-electron chi connectivity index (χ0n) is 10.9. The summed E-state index contributed by atoms with van der Waals surface area (Å²) >= 11 is 9.76. The van der Waals surface area contributed by atoms with E-state index in [2.05, 4.69) is 38.7 Å². The second-order valence-corrected chi connectivity index (χ2v) is 5.45. The highest BCUT2D eigenvalue weighted by atomic mass is 79.9. The highest BCUT2D eigenvalue weighted by Crippen LogP contribution is 2.34. The number of fused-ring (bicyclic) bond motifs is 1. The van der Waals surface area contributed by atoms with Gasteiger partial charge in [0.2, 0.25) is 0 Å². The van der Waals surface area contributed by atoms with E-state index in [0.717, 1.165) is 21.9 Å². The van der Waals surface area contributed by atoms with Gasteiger partial charge in [-0.2, -0.15) is 0 Å². The Morgan fingerprint density at radius 2 is 1.90 bits per heavy atom. The summed E-state index contributed by atoms with van der Waals surface area (Å²) in [5.74, 6) is 0.690. The molecule has 102 valence electrons. The van der Waals surface area contributed by atoms with Crippen LogP contribution in [0.2, 0.25) is 5.02 Å². The minimum Gasteiger partial charge on any atom is -0.495 e. The summed E-state index contributed by atoms with van der Waals surface area (Å²) in [4.78, 5) is 0. The number of halogens is 2. The molecule has 1 aromatic heterocycles. The lowest BCUT2D eigenvalue weighted by atomic mass is 10.2. The maximum atomic E-state index is 6.21. The van der Waals surface area contributed by atoms with Crippen LogP contribution in [0.4, 0.5) is 0 Å². The Balaban J connectivity index is 2.34. The van der Waals surface area contributed by atoms with Crippen LogP contribution in [0.3, 0.4) is 0 Å². The summed E-state index contributed by atoms with van der Waals surface area (Å²) in [5, 5.41) is 2.51. The first kappa shape index (κ1) is 13.5. The van der Waals surface area contributed by atoms with Crippen molar-refractivity contribution in [3.05, 3.63) is 59.2 Å². The van der Waals surface area contributed by atoms with Crippen LogP contribution in [0, 0.1) is 0 Å². The molecule has 0 spiro atoms. The fraction of sp³-hybridized carbons (Fsp3) is 0.125. The SMILES string of the molecule is COc1cc2c(cc1Cl)cc(CBr)n2-c1ccccc1. The third-order valence-electron chi connectivity index (χ3n) is 3.30. The monoisotopic (exact) mass is 349 g/mol. The maximum absolute atomic E-state index is 6.21. The molecule has 0 amide bonds. The molecule has 0 bridgehead atoms. The number of aromatic nitrogens is 1. The topological polar surface area (TPSA) is 14.2 Å². The largest absolute Gasteiger partial charge is 0.495 e. The first-order valence-corrected chi connectivity index (χ1v) is 7.74. The van der Waals surface area contributed by atoms with E-state index in [1.807, 2.05) is 30.3 Å². The van der Waals surface area contributed by atoms with E-state index >= 15 is 0 Å². The first-order chi connectivity index (χ1) is 9.74. The van der Waals surface area contributed by atoms with Crippen LogP contribution < -0.4 is 4.74 Å². The number of ether oxygens (including phenoxy) is 1. The number of benzene rings is 2. The molecule has 2 nitrogen and oxygen atoms in total. The van der Waals surface area contributed by atoms with Crippen molar-refractivity contribution < 1.29 is 4.74 Å². The van der Waals surface area contributed by atoms with E-state index in [4.69, 9.17) is 16.3 Å². The normalized spacial score (nSPS) is 10.9. The molecular formula is C16H13BrClNO. The average Bonchev–Trinajstić information content (AvgIpc) is 2.84. The van der Waals surface area contributed by atoms with Crippen molar-refractivity contribution in [1.82, 2.24) is 4.57 Å². The van der Waals surface area contributed by atoms with E-state index in [1.54, 1.807) is 7.11 Å². The zero-order valence-corrected chi connectivity index (χ0v) is 13.3. The molecule has 0 fully saturated rings. The van der Waals surface area contributed by atoms with Crippen LogP contribution in [0.25, 0.3) is 16.6 Å². The van der Waals surface area contributed by atoms with Gasteiger partial charge in [0.25, 0.3) is 0 Å². The van der Waals surface area contributed by atoms with Crippen LogP contribution in [0.5, 0.6) is 5.75 Å². The number of methoxy groups -OCH3 is 1. The van der Waals surface area contributed by atoms with Gasteiger partial charge in [0.1, 0.15) is 5.75 Å². The van der Waals surface area contributed by atoms with Gasteiger partial charge in [-0.25, -0.2) is 0 Å². The number of para-hydroxylation sites is 1. The van der Waals surface area contributed by atoms with Gasteiger partial charge in [-0.05, 0) is 24.3 Å². The lowest BCUT2D eigenvalue weighted by Gasteiger charge is -2.10. The van der Waals surface area contributed by atoms with Crippen molar-refractivity contribution in [1.29, 1.82) is 0 Å². The van der Waals surface area contributed by atoms with Crippen molar-refractivity contribution in [3.8, 4) is 11.4 Å². The summed E-state index contributed by atoms with van der Waals surface area (Å²) in [6.07, 6.45) is 0. The van der Waals surface area contributed by atoms with Gasteiger partial charge in [-0.1, -0.05) is 45.7 Å². The molecule has 3 aromatic rings. The van der Waals surface area contributed by atoms with Crippen molar-refractivity contribution in [3.63, 3.8) is 0 Å². The lowest BCUT2D eigenvalue weighted by Crippen LogP contribution is -1.97. The predicted molar refractivity (Wildman–Crippen MR) is 87.5 cm³/mol. The zero-order chi connectivity index (χ0) is 14.1. The van der Waals surface area contributed by atoms with Gasteiger partial charge in [0.05, 0.1) is 17.6 Å². The molecule has 2 aromatic carbocycles. The molecule has 0 aliphatic heterocycles. The standard InChI is InChI=1S/C16H13BrClNO/c1-20-16-9-15-11(8-14(16)18)7-13(10-17)19(15)12-5-3-2-4-6-12/h2-9H,10H2,1H3. The van der Waals surface area contributed by atoms with E-state index in [0.29, 0.717) is 10.8 Å². The highest BCUT2D eigenvalue weighted by Gasteiger charge is 2.12. The Labute approximate surface area is 131 Å². The van der Waals surface area contributed by atoms with Gasteiger partial charge < -0.3 is 9.30 Å². The summed E-state index contributed by atoms with van der Waals surface area (Å²) < 4.78 is 7.54. The van der Waals surface area contributed by atoms with Gasteiger partial charge >= 0.3 is 0 Å². The van der Waals surface area contributed by atoms with Crippen molar-refractivity contribution >= 4 is 38.4 Å². The van der Waals surface area contributed by atoms with Crippen LogP contribution in [0.15, 0.2) is 48.5 Å². The molecule has 0 radical (unpaired) electrons. The van der Waals surface area contributed by atoms with Crippen LogP contribution in [-0.4, -0.2) is 11.7 Å². The van der Waals surface area contributed by atoms with E-state index in [-0.39, 0.29) is 0 Å². The molecule has 0 saturated heterocycles. The minimum absolute atomic E-state index is 0.631. The Hall–Kier alpha value is -1.45. The smallest absolute Gasteiger partial charge is 0.139 e. The molecule has 3 rings (SSSR count). The minimum atomic E-state index is 0.631. The van der Waals surface area contributed by atoms with E-state index < -0.39 is 0 Å². The Morgan fingerprint density at radius 1 is 1.15 bits per heavy atom. The number of alkyl halides is 1. The molecule has 4 heteroatoms. The predicted octanol–water partition coefficient (Wildman–Crippen LogP) is 5.19. The van der Waals surface area contributed by atoms with Crippen molar-refractivity contribution in [2.45, 2.75) is 5.33 Å². The summed E-state index contributed by atoms with van der Waals surface area (Å²) in [5.41, 5.74) is 3.39. The second kappa shape index (κ2) is 5.51. The van der Waals surface area contributed by atoms with Crippen LogP contribution in [0.1, 0.15) is 5.69 Å². The van der Waals surface area contributed by atoms with Crippen molar-refractivity contribution in [2.75, 3.05) is 7.11 Å². The van der Waals surface area contributed by atoms with E-state index in [9.17, 15) is 0 Å². The number of rotatable bonds is 3. The van der Waals surface area contributed by atoms with Crippen LogP contribution in [-0.2, 0) is 5.33 Å². The highest BCUT2D eigenvalue weighted by molar-refractivity contribution is 9.08. The fourth-order valence-electron chi connectivity index (χ4n) is 2.40. The molecule has 0 atom stereocenters. The lowest BCUT2D eigenvalue weighted by molar-refractivity contribution is 0.415. The molecule has 0 unspecified atom stereocenters. The summed E-state index contributed by atoms with van der Waals surface area (Å²) in [6, 6.07) is 16.3. The van der Waals surface area contributed by atoms with Gasteiger partial charge in [0.15, 0.2) is 0 Å². The average molecular weight is 351 g/mol. The first-order valence-electron chi connectivity index (χ1n) is 6.24. The summed E-state index contributed by atoms with van der Waals surface area (Å²) in [7, 11) is 1.63. The Morgan fingerprint density at radius 3 is 2.55 bits per heavy atom. The van der Waals surface area contributed by atoms with Crippen LogP contribution >= 0.6 is 27.5 Å². The van der Waals surface area contributed by atoms with E-state index in [1.165, 1.54) is 5.69 Å².